The summed E-state index contributed by atoms with van der Waals surface area (Å²) in [5.41, 5.74) is -0.436. The number of thioether (sulfide) groups is 1. The Labute approximate surface area is 140 Å². The van der Waals surface area contributed by atoms with Crippen LogP contribution in [0.25, 0.3) is 0 Å². The monoisotopic (exact) mass is 330 g/mol. The zero-order valence-electron chi connectivity index (χ0n) is 14.9. The van der Waals surface area contributed by atoms with E-state index in [1.807, 2.05) is 20.8 Å². The van der Waals surface area contributed by atoms with Crippen molar-refractivity contribution in [2.45, 2.75) is 53.1 Å². The van der Waals surface area contributed by atoms with Crippen LogP contribution in [0, 0.1) is 17.8 Å². The maximum absolute atomic E-state index is 11.8. The lowest BCUT2D eigenvalue weighted by Crippen LogP contribution is -2.40. The molecule has 0 radical (unpaired) electrons. The molecule has 4 nitrogen and oxygen atoms in total. The molecule has 0 aromatic rings. The molecule has 0 spiro atoms. The molecule has 1 aliphatic heterocycles. The van der Waals surface area contributed by atoms with Crippen LogP contribution >= 0.6 is 11.8 Å². The zero-order chi connectivity index (χ0) is 16.6. The molecule has 0 saturated carbocycles. The number of nitrogens with one attached hydrogen (secondary N) is 2. The van der Waals surface area contributed by atoms with Gasteiger partial charge in [-0.2, -0.15) is 11.8 Å². The maximum atomic E-state index is 11.8. The highest BCUT2D eigenvalue weighted by Crippen LogP contribution is 2.22. The zero-order valence-corrected chi connectivity index (χ0v) is 15.7. The molecular formula is C17H34N2O2S. The lowest BCUT2D eigenvalue weighted by atomic mass is 9.95. The molecule has 1 heterocycles. The summed E-state index contributed by atoms with van der Waals surface area (Å²) >= 11 is 2.07. The predicted octanol–water partition coefficient (Wildman–Crippen LogP) is 3.52. The molecular weight excluding hydrogens is 296 g/mol. The van der Waals surface area contributed by atoms with Gasteiger partial charge in [-0.05, 0) is 76.0 Å². The molecule has 0 aromatic heterocycles. The van der Waals surface area contributed by atoms with E-state index in [1.165, 1.54) is 24.3 Å². The van der Waals surface area contributed by atoms with Gasteiger partial charge in [-0.1, -0.05) is 13.8 Å². The Hall–Kier alpha value is -0.420. The Morgan fingerprint density at radius 2 is 1.86 bits per heavy atom. The Morgan fingerprint density at radius 1 is 1.23 bits per heavy atom. The molecule has 1 rings (SSSR count). The van der Waals surface area contributed by atoms with E-state index in [4.69, 9.17) is 4.74 Å². The highest BCUT2D eigenvalue weighted by Gasteiger charge is 2.19. The first-order valence-corrected chi connectivity index (χ1v) is 9.68. The van der Waals surface area contributed by atoms with Gasteiger partial charge in [0.25, 0.3) is 0 Å². The number of carbonyl (C=O) groups is 1. The minimum absolute atomic E-state index is 0.317. The molecule has 22 heavy (non-hydrogen) atoms. The van der Waals surface area contributed by atoms with Crippen molar-refractivity contribution in [1.29, 1.82) is 0 Å². The van der Waals surface area contributed by atoms with Gasteiger partial charge < -0.3 is 15.4 Å². The van der Waals surface area contributed by atoms with Gasteiger partial charge in [0.2, 0.25) is 0 Å². The Balaban J connectivity index is 2.25. The van der Waals surface area contributed by atoms with Gasteiger partial charge in [-0.15, -0.1) is 0 Å². The standard InChI is InChI=1S/C17H34N2O2S/c1-13(2)15(12-19-16(20)21-17(3,4)5)11-18-10-14-6-8-22-9-7-14/h13-15,18H,6-12H2,1-5H3,(H,19,20). The molecule has 2 N–H and O–H groups in total. The lowest BCUT2D eigenvalue weighted by molar-refractivity contribution is 0.0514. The van der Waals surface area contributed by atoms with Crippen molar-refractivity contribution in [2.75, 3.05) is 31.1 Å². The van der Waals surface area contributed by atoms with Crippen LogP contribution in [0.2, 0.25) is 0 Å². The van der Waals surface area contributed by atoms with Crippen molar-refractivity contribution in [3.05, 3.63) is 0 Å². The summed E-state index contributed by atoms with van der Waals surface area (Å²) in [5.74, 6) is 4.41. The Morgan fingerprint density at radius 3 is 2.41 bits per heavy atom. The predicted molar refractivity (Wildman–Crippen MR) is 95.5 cm³/mol. The van der Waals surface area contributed by atoms with Gasteiger partial charge in [0, 0.05) is 6.54 Å². The SMILES string of the molecule is CC(C)C(CNCC1CCSCC1)CNC(=O)OC(C)(C)C. The van der Waals surface area contributed by atoms with Crippen LogP contribution in [0.1, 0.15) is 47.5 Å². The quantitative estimate of drug-likeness (QED) is 0.750. The van der Waals surface area contributed by atoms with Crippen molar-refractivity contribution in [3.63, 3.8) is 0 Å². The third-order valence-electron chi connectivity index (χ3n) is 4.03. The van der Waals surface area contributed by atoms with Crippen LogP contribution in [0.4, 0.5) is 4.79 Å². The first-order chi connectivity index (χ1) is 10.3. The topological polar surface area (TPSA) is 50.4 Å². The number of alkyl carbamates (subject to hydrolysis) is 1. The van der Waals surface area contributed by atoms with Crippen LogP contribution in [0.5, 0.6) is 0 Å². The number of carbonyl (C=O) groups excluding carboxylic acids is 1. The van der Waals surface area contributed by atoms with E-state index in [9.17, 15) is 4.79 Å². The van der Waals surface area contributed by atoms with Crippen LogP contribution in [0.15, 0.2) is 0 Å². The minimum atomic E-state index is -0.436. The molecule has 130 valence electrons. The molecule has 1 aliphatic rings. The number of amides is 1. The number of hydrogen-bond acceptors (Lipinski definition) is 4. The third-order valence-corrected chi connectivity index (χ3v) is 5.08. The maximum Gasteiger partial charge on any atom is 0.407 e. The summed E-state index contributed by atoms with van der Waals surface area (Å²) in [4.78, 5) is 11.8. The molecule has 1 saturated heterocycles. The van der Waals surface area contributed by atoms with Crippen molar-refractivity contribution in [2.24, 2.45) is 17.8 Å². The van der Waals surface area contributed by atoms with Crippen molar-refractivity contribution in [3.8, 4) is 0 Å². The van der Waals surface area contributed by atoms with Crippen LogP contribution < -0.4 is 10.6 Å². The van der Waals surface area contributed by atoms with E-state index in [2.05, 4.69) is 36.2 Å². The van der Waals surface area contributed by atoms with E-state index in [0.717, 1.165) is 19.0 Å². The van der Waals surface area contributed by atoms with Crippen LogP contribution in [-0.4, -0.2) is 42.8 Å². The summed E-state index contributed by atoms with van der Waals surface area (Å²) < 4.78 is 5.29. The van der Waals surface area contributed by atoms with Crippen molar-refractivity contribution in [1.82, 2.24) is 10.6 Å². The molecule has 1 unspecified atom stereocenters. The Bertz CT molecular complexity index is 323. The number of rotatable bonds is 7. The summed E-state index contributed by atoms with van der Waals surface area (Å²) in [7, 11) is 0. The number of ether oxygens (including phenoxy) is 1. The smallest absolute Gasteiger partial charge is 0.407 e. The number of hydrogen-bond donors (Lipinski definition) is 2. The van der Waals surface area contributed by atoms with Crippen molar-refractivity contribution >= 4 is 17.9 Å². The highest BCUT2D eigenvalue weighted by atomic mass is 32.2. The van der Waals surface area contributed by atoms with E-state index in [0.29, 0.717) is 18.4 Å². The summed E-state index contributed by atoms with van der Waals surface area (Å²) in [6.45, 7) is 12.8. The normalized spacial score (nSPS) is 18.3. The van der Waals surface area contributed by atoms with E-state index >= 15 is 0 Å². The molecule has 1 atom stereocenters. The van der Waals surface area contributed by atoms with E-state index in [-0.39, 0.29) is 6.09 Å². The minimum Gasteiger partial charge on any atom is -0.444 e. The first-order valence-electron chi connectivity index (χ1n) is 8.53. The van der Waals surface area contributed by atoms with E-state index in [1.54, 1.807) is 0 Å². The summed E-state index contributed by atoms with van der Waals surface area (Å²) in [6, 6.07) is 0. The molecule has 1 fully saturated rings. The fourth-order valence-electron chi connectivity index (χ4n) is 2.50. The second-order valence-electron chi connectivity index (χ2n) is 7.60. The van der Waals surface area contributed by atoms with Crippen LogP contribution in [0.3, 0.4) is 0 Å². The third kappa shape index (κ3) is 8.89. The van der Waals surface area contributed by atoms with Gasteiger partial charge in [0.15, 0.2) is 0 Å². The van der Waals surface area contributed by atoms with Gasteiger partial charge in [-0.25, -0.2) is 4.79 Å². The summed E-state index contributed by atoms with van der Waals surface area (Å²) in [6.07, 6.45) is 2.35. The fourth-order valence-corrected chi connectivity index (χ4v) is 3.70. The highest BCUT2D eigenvalue weighted by molar-refractivity contribution is 7.99. The molecule has 5 heteroatoms. The Kier molecular flexibility index (Phi) is 8.62. The van der Waals surface area contributed by atoms with Crippen molar-refractivity contribution < 1.29 is 9.53 Å². The van der Waals surface area contributed by atoms with Gasteiger partial charge in [-0.3, -0.25) is 0 Å². The molecule has 1 amide bonds. The fraction of sp³-hybridized carbons (Fsp3) is 0.941. The first kappa shape index (κ1) is 19.6. The van der Waals surface area contributed by atoms with E-state index < -0.39 is 5.60 Å². The average Bonchev–Trinajstić information content (AvgIpc) is 2.41. The average molecular weight is 331 g/mol. The molecule has 0 aromatic carbocycles. The second kappa shape index (κ2) is 9.66. The van der Waals surface area contributed by atoms with Gasteiger partial charge in [0.05, 0.1) is 0 Å². The van der Waals surface area contributed by atoms with Gasteiger partial charge in [0.1, 0.15) is 5.60 Å². The van der Waals surface area contributed by atoms with Gasteiger partial charge >= 0.3 is 6.09 Å². The van der Waals surface area contributed by atoms with Crippen LogP contribution in [-0.2, 0) is 4.74 Å². The molecule has 0 aliphatic carbocycles. The lowest BCUT2D eigenvalue weighted by Gasteiger charge is -2.26. The second-order valence-corrected chi connectivity index (χ2v) is 8.83. The largest absolute Gasteiger partial charge is 0.444 e. The summed E-state index contributed by atoms with van der Waals surface area (Å²) in [5, 5.41) is 6.51. The molecule has 0 bridgehead atoms.